The van der Waals surface area contributed by atoms with E-state index in [1.807, 2.05) is 36.4 Å². The second-order valence-electron chi connectivity index (χ2n) is 3.64. The van der Waals surface area contributed by atoms with Crippen LogP contribution in [0.2, 0.25) is 0 Å². The van der Waals surface area contributed by atoms with E-state index in [-0.39, 0.29) is 0 Å². The molecule has 0 unspecified atom stereocenters. The highest BCUT2D eigenvalue weighted by atomic mass is 15.0. The maximum absolute atomic E-state index is 4.37. The Morgan fingerprint density at radius 2 is 1.94 bits per heavy atom. The summed E-state index contributed by atoms with van der Waals surface area (Å²) in [7, 11) is 0. The van der Waals surface area contributed by atoms with Gasteiger partial charge in [0.25, 0.3) is 0 Å². The maximum atomic E-state index is 4.37. The first-order valence-corrected chi connectivity index (χ1v) is 5.30. The smallest absolute Gasteiger partial charge is 0.133 e. The van der Waals surface area contributed by atoms with Gasteiger partial charge in [-0.1, -0.05) is 18.2 Å². The first-order valence-electron chi connectivity index (χ1n) is 5.30. The lowest BCUT2D eigenvalue weighted by molar-refractivity contribution is 1.17. The molecular weight excluding hydrogens is 212 g/mol. The lowest BCUT2D eigenvalue weighted by atomic mass is 10.2. The van der Waals surface area contributed by atoms with Crippen molar-refractivity contribution in [1.29, 1.82) is 0 Å². The van der Waals surface area contributed by atoms with Gasteiger partial charge in [0.2, 0.25) is 0 Å². The van der Waals surface area contributed by atoms with Crippen LogP contribution in [0.4, 0.5) is 11.5 Å². The average molecular weight is 222 g/mol. The molecule has 1 N–H and O–H groups in total. The predicted octanol–water partition coefficient (Wildman–Crippen LogP) is 2.77. The largest absolute Gasteiger partial charge is 0.339 e. The van der Waals surface area contributed by atoms with Crippen LogP contribution in [0.15, 0.2) is 55.1 Å². The van der Waals surface area contributed by atoms with Crippen LogP contribution in [0.1, 0.15) is 0 Å². The Kier molecular flexibility index (Phi) is 2.38. The van der Waals surface area contributed by atoms with Gasteiger partial charge in [-0.05, 0) is 18.2 Å². The van der Waals surface area contributed by atoms with E-state index < -0.39 is 0 Å². The van der Waals surface area contributed by atoms with Crippen molar-refractivity contribution < 1.29 is 0 Å². The van der Waals surface area contributed by atoms with Gasteiger partial charge in [0.05, 0.1) is 17.4 Å². The molecule has 0 spiro atoms. The molecule has 0 saturated carbocycles. The Balaban J connectivity index is 1.96. The van der Waals surface area contributed by atoms with Crippen molar-refractivity contribution in [2.45, 2.75) is 0 Å². The maximum Gasteiger partial charge on any atom is 0.133 e. The van der Waals surface area contributed by atoms with Gasteiger partial charge in [-0.25, -0.2) is 9.97 Å². The fourth-order valence-corrected chi connectivity index (χ4v) is 1.65. The van der Waals surface area contributed by atoms with E-state index in [9.17, 15) is 0 Å². The number of rotatable bonds is 2. The zero-order valence-electron chi connectivity index (χ0n) is 9.04. The van der Waals surface area contributed by atoms with Gasteiger partial charge in [0, 0.05) is 11.6 Å². The number of hydrogen-bond acceptors (Lipinski definition) is 4. The summed E-state index contributed by atoms with van der Waals surface area (Å²) < 4.78 is 0. The van der Waals surface area contributed by atoms with Crippen LogP contribution in [0.3, 0.4) is 0 Å². The molecule has 17 heavy (non-hydrogen) atoms. The van der Waals surface area contributed by atoms with Crippen molar-refractivity contribution in [3.8, 4) is 0 Å². The van der Waals surface area contributed by atoms with Crippen molar-refractivity contribution in [1.82, 2.24) is 15.0 Å². The molecule has 4 nitrogen and oxygen atoms in total. The number of hydrogen-bond donors (Lipinski definition) is 1. The van der Waals surface area contributed by atoms with Crippen LogP contribution in [0, 0.1) is 0 Å². The van der Waals surface area contributed by atoms with Gasteiger partial charge in [-0.3, -0.25) is 4.98 Å². The highest BCUT2D eigenvalue weighted by molar-refractivity contribution is 5.82. The van der Waals surface area contributed by atoms with Crippen LogP contribution >= 0.6 is 0 Å². The summed E-state index contributed by atoms with van der Waals surface area (Å²) in [5, 5.41) is 4.29. The van der Waals surface area contributed by atoms with E-state index in [4.69, 9.17) is 0 Å². The summed E-state index contributed by atoms with van der Waals surface area (Å²) in [6.07, 6.45) is 5.01. The minimum absolute atomic E-state index is 0.761. The van der Waals surface area contributed by atoms with Gasteiger partial charge in [-0.2, -0.15) is 0 Å². The van der Waals surface area contributed by atoms with Crippen LogP contribution in [0.25, 0.3) is 10.9 Å². The van der Waals surface area contributed by atoms with Crippen molar-refractivity contribution in [3.05, 3.63) is 55.1 Å². The number of aromatic nitrogens is 3. The fourth-order valence-electron chi connectivity index (χ4n) is 1.65. The quantitative estimate of drug-likeness (QED) is 0.724. The van der Waals surface area contributed by atoms with Crippen LogP contribution in [-0.4, -0.2) is 15.0 Å². The molecule has 2 heterocycles. The summed E-state index contributed by atoms with van der Waals surface area (Å²) in [6, 6.07) is 11.9. The summed E-state index contributed by atoms with van der Waals surface area (Å²) in [5.74, 6) is 0.761. The molecule has 0 amide bonds. The molecule has 0 saturated heterocycles. The second kappa shape index (κ2) is 4.17. The fraction of sp³-hybridized carbons (Fsp3) is 0. The second-order valence-corrected chi connectivity index (χ2v) is 3.64. The van der Waals surface area contributed by atoms with Gasteiger partial charge in [0.15, 0.2) is 0 Å². The minimum atomic E-state index is 0.761. The third kappa shape index (κ3) is 2.06. The molecule has 0 bridgehead atoms. The SMILES string of the molecule is c1ccc2ncc(Nc3ccncn3)cc2c1. The topological polar surface area (TPSA) is 50.7 Å². The van der Waals surface area contributed by atoms with Crippen molar-refractivity contribution in [2.24, 2.45) is 0 Å². The van der Waals surface area contributed by atoms with Gasteiger partial charge in [-0.15, -0.1) is 0 Å². The van der Waals surface area contributed by atoms with E-state index in [2.05, 4.69) is 20.3 Å². The van der Waals surface area contributed by atoms with Gasteiger partial charge >= 0.3 is 0 Å². The summed E-state index contributed by atoms with van der Waals surface area (Å²) in [6.45, 7) is 0. The van der Waals surface area contributed by atoms with E-state index in [0.29, 0.717) is 0 Å². The Hall–Kier alpha value is -2.49. The van der Waals surface area contributed by atoms with E-state index in [1.54, 1.807) is 12.4 Å². The third-order valence-corrected chi connectivity index (χ3v) is 2.44. The van der Waals surface area contributed by atoms with E-state index >= 15 is 0 Å². The molecule has 0 aliphatic carbocycles. The average Bonchev–Trinajstić information content (AvgIpc) is 2.40. The predicted molar refractivity (Wildman–Crippen MR) is 67.1 cm³/mol. The Morgan fingerprint density at radius 3 is 2.82 bits per heavy atom. The van der Waals surface area contributed by atoms with Crippen molar-refractivity contribution >= 4 is 22.4 Å². The molecule has 3 rings (SSSR count). The molecule has 3 aromatic rings. The Labute approximate surface area is 98.4 Å². The Morgan fingerprint density at radius 1 is 1.00 bits per heavy atom. The molecule has 82 valence electrons. The standard InChI is InChI=1S/C13H10N4/c1-2-4-12-10(3-1)7-11(8-15-12)17-13-5-6-14-9-16-13/h1-9H,(H,14,16,17). The summed E-state index contributed by atoms with van der Waals surface area (Å²) in [5.41, 5.74) is 1.91. The molecule has 0 atom stereocenters. The number of benzene rings is 1. The third-order valence-electron chi connectivity index (χ3n) is 2.44. The zero-order chi connectivity index (χ0) is 11.5. The van der Waals surface area contributed by atoms with Crippen LogP contribution in [-0.2, 0) is 0 Å². The molecule has 0 fully saturated rings. The lowest BCUT2D eigenvalue weighted by Gasteiger charge is -2.05. The first-order chi connectivity index (χ1) is 8.42. The monoisotopic (exact) mass is 222 g/mol. The van der Waals surface area contributed by atoms with Crippen molar-refractivity contribution in [2.75, 3.05) is 5.32 Å². The van der Waals surface area contributed by atoms with E-state index in [1.165, 1.54) is 6.33 Å². The molecule has 0 radical (unpaired) electrons. The first kappa shape index (κ1) is 9.72. The zero-order valence-corrected chi connectivity index (χ0v) is 9.04. The number of nitrogens with zero attached hydrogens (tertiary/aromatic N) is 3. The Bertz CT molecular complexity index is 637. The molecule has 2 aromatic heterocycles. The number of para-hydroxylation sites is 1. The summed E-state index contributed by atoms with van der Waals surface area (Å²) >= 11 is 0. The van der Waals surface area contributed by atoms with Crippen LogP contribution in [0.5, 0.6) is 0 Å². The number of anilines is 2. The molecule has 1 aromatic carbocycles. The number of fused-ring (bicyclic) bond motifs is 1. The lowest BCUT2D eigenvalue weighted by Crippen LogP contribution is -1.94. The number of pyridine rings is 1. The van der Waals surface area contributed by atoms with E-state index in [0.717, 1.165) is 22.4 Å². The highest BCUT2D eigenvalue weighted by Crippen LogP contribution is 2.18. The van der Waals surface area contributed by atoms with Crippen molar-refractivity contribution in [3.63, 3.8) is 0 Å². The normalized spacial score (nSPS) is 10.4. The molecular formula is C13H10N4. The van der Waals surface area contributed by atoms with Crippen LogP contribution < -0.4 is 5.32 Å². The molecule has 0 aliphatic rings. The van der Waals surface area contributed by atoms with Gasteiger partial charge in [0.1, 0.15) is 12.1 Å². The summed E-state index contributed by atoms with van der Waals surface area (Å²) in [4.78, 5) is 12.3. The van der Waals surface area contributed by atoms with Gasteiger partial charge < -0.3 is 5.32 Å². The molecule has 0 aliphatic heterocycles. The number of nitrogens with one attached hydrogen (secondary N) is 1. The molecule has 4 heteroatoms. The minimum Gasteiger partial charge on any atom is -0.339 e. The highest BCUT2D eigenvalue weighted by Gasteiger charge is 1.98.